The normalized spacial score (nSPS) is 13.9. The Kier molecular flexibility index (Phi) is 5.44. The minimum Gasteiger partial charge on any atom is -0.382 e. The van der Waals surface area contributed by atoms with Crippen LogP contribution >= 0.6 is 0 Å². The van der Waals surface area contributed by atoms with Gasteiger partial charge in [-0.25, -0.2) is 4.98 Å². The van der Waals surface area contributed by atoms with Gasteiger partial charge in [-0.3, -0.25) is 4.90 Å². The maximum Gasteiger partial charge on any atom is 0.130 e. The molecule has 0 saturated carbocycles. The topological polar surface area (TPSA) is 43.4 Å². The molecule has 1 aromatic heterocycles. The zero-order chi connectivity index (χ0) is 19.3. The van der Waals surface area contributed by atoms with Crippen molar-refractivity contribution in [3.63, 3.8) is 0 Å². The van der Waals surface area contributed by atoms with Crippen LogP contribution in [0.3, 0.4) is 0 Å². The average molecular weight is 374 g/mol. The Morgan fingerprint density at radius 2 is 1.93 bits per heavy atom. The van der Waals surface area contributed by atoms with Crippen LogP contribution in [0.15, 0.2) is 66.9 Å². The summed E-state index contributed by atoms with van der Waals surface area (Å²) in [6.45, 7) is 3.81. The summed E-state index contributed by atoms with van der Waals surface area (Å²) in [6, 6.07) is 21.2. The molecule has 0 radical (unpaired) electrons. The predicted molar refractivity (Wildman–Crippen MR) is 117 cm³/mol. The summed E-state index contributed by atoms with van der Waals surface area (Å²) in [7, 11) is 4.10. The summed E-state index contributed by atoms with van der Waals surface area (Å²) in [4.78, 5) is 9.18. The van der Waals surface area contributed by atoms with E-state index in [1.807, 2.05) is 20.3 Å². The summed E-state index contributed by atoms with van der Waals surface area (Å²) in [6.07, 6.45) is 1.94. The van der Waals surface area contributed by atoms with Crippen LogP contribution in [0.25, 0.3) is 0 Å². The van der Waals surface area contributed by atoms with Crippen molar-refractivity contribution in [2.75, 3.05) is 42.7 Å². The molecule has 5 nitrogen and oxygen atoms in total. The molecule has 2 heterocycles. The second-order valence-electron chi connectivity index (χ2n) is 7.42. The highest BCUT2D eigenvalue weighted by molar-refractivity contribution is 5.65. The van der Waals surface area contributed by atoms with Gasteiger partial charge in [0.05, 0.1) is 11.9 Å². The maximum absolute atomic E-state index is 4.61. The second kappa shape index (κ2) is 8.31. The van der Waals surface area contributed by atoms with Gasteiger partial charge in [-0.2, -0.15) is 0 Å². The van der Waals surface area contributed by atoms with Crippen molar-refractivity contribution in [1.29, 1.82) is 0 Å². The van der Waals surface area contributed by atoms with Gasteiger partial charge in [0, 0.05) is 51.6 Å². The molecule has 0 saturated heterocycles. The molecule has 0 bridgehead atoms. The van der Waals surface area contributed by atoms with Crippen LogP contribution in [0.4, 0.5) is 22.9 Å². The van der Waals surface area contributed by atoms with Crippen molar-refractivity contribution < 1.29 is 0 Å². The van der Waals surface area contributed by atoms with Crippen LogP contribution < -0.4 is 15.5 Å². The van der Waals surface area contributed by atoms with Crippen molar-refractivity contribution in [3.05, 3.63) is 78.0 Å². The molecule has 0 fully saturated rings. The van der Waals surface area contributed by atoms with Crippen LogP contribution in [0.2, 0.25) is 0 Å². The molecule has 5 heteroatoms. The van der Waals surface area contributed by atoms with Crippen molar-refractivity contribution in [3.8, 4) is 0 Å². The Morgan fingerprint density at radius 1 is 1.07 bits per heavy atom. The molecule has 0 atom stereocenters. The third-order valence-corrected chi connectivity index (χ3v) is 5.01. The van der Waals surface area contributed by atoms with E-state index >= 15 is 0 Å². The Bertz CT molecular complexity index is 923. The smallest absolute Gasteiger partial charge is 0.130 e. The van der Waals surface area contributed by atoms with Gasteiger partial charge < -0.3 is 15.5 Å². The highest BCUT2D eigenvalue weighted by atomic mass is 15.2. The fourth-order valence-electron chi connectivity index (χ4n) is 3.51. The SMILES string of the molecule is CN(C)c1cccc(Nc2cc3c(cn2)NCCN(Cc2ccccc2)C3)c1. The predicted octanol–water partition coefficient (Wildman–Crippen LogP) is 4.32. The Hall–Kier alpha value is -3.05. The first-order valence-electron chi connectivity index (χ1n) is 9.71. The van der Waals surface area contributed by atoms with E-state index in [4.69, 9.17) is 0 Å². The van der Waals surface area contributed by atoms with Gasteiger partial charge in [-0.1, -0.05) is 36.4 Å². The summed E-state index contributed by atoms with van der Waals surface area (Å²) >= 11 is 0. The molecule has 2 N–H and O–H groups in total. The first kappa shape index (κ1) is 18.3. The average Bonchev–Trinajstić information content (AvgIpc) is 2.90. The van der Waals surface area contributed by atoms with Crippen LogP contribution in [-0.4, -0.2) is 37.1 Å². The monoisotopic (exact) mass is 373 g/mol. The third-order valence-electron chi connectivity index (χ3n) is 5.01. The molecule has 144 valence electrons. The fraction of sp³-hybridized carbons (Fsp3) is 0.261. The van der Waals surface area contributed by atoms with Gasteiger partial charge in [0.1, 0.15) is 5.82 Å². The lowest BCUT2D eigenvalue weighted by molar-refractivity contribution is 0.272. The molecule has 0 amide bonds. The number of pyridine rings is 1. The van der Waals surface area contributed by atoms with Gasteiger partial charge >= 0.3 is 0 Å². The summed E-state index contributed by atoms with van der Waals surface area (Å²) in [5, 5.41) is 6.97. The Balaban J connectivity index is 1.51. The number of nitrogens with zero attached hydrogens (tertiary/aromatic N) is 3. The van der Waals surface area contributed by atoms with Crippen LogP contribution in [0.1, 0.15) is 11.1 Å². The van der Waals surface area contributed by atoms with Crippen LogP contribution in [0.5, 0.6) is 0 Å². The quantitative estimate of drug-likeness (QED) is 0.697. The number of nitrogens with one attached hydrogen (secondary N) is 2. The summed E-state index contributed by atoms with van der Waals surface area (Å²) in [5.41, 5.74) is 5.95. The van der Waals surface area contributed by atoms with Gasteiger partial charge in [0.25, 0.3) is 0 Å². The molecule has 0 unspecified atom stereocenters. The van der Waals surface area contributed by atoms with Gasteiger partial charge in [-0.15, -0.1) is 0 Å². The van der Waals surface area contributed by atoms with Crippen molar-refractivity contribution >= 4 is 22.9 Å². The largest absolute Gasteiger partial charge is 0.382 e. The zero-order valence-electron chi connectivity index (χ0n) is 16.5. The number of fused-ring (bicyclic) bond motifs is 1. The lowest BCUT2D eigenvalue weighted by Crippen LogP contribution is -2.25. The molecular formula is C23H27N5. The molecule has 1 aliphatic rings. The van der Waals surface area contributed by atoms with E-state index in [0.717, 1.165) is 49.1 Å². The summed E-state index contributed by atoms with van der Waals surface area (Å²) in [5.74, 6) is 0.873. The molecule has 0 spiro atoms. The molecule has 4 rings (SSSR count). The van der Waals surface area contributed by atoms with Crippen molar-refractivity contribution in [2.45, 2.75) is 13.1 Å². The highest BCUT2D eigenvalue weighted by Gasteiger charge is 2.15. The Morgan fingerprint density at radius 3 is 2.75 bits per heavy atom. The first-order valence-corrected chi connectivity index (χ1v) is 9.71. The van der Waals surface area contributed by atoms with E-state index in [1.54, 1.807) is 0 Å². The molecule has 2 aromatic carbocycles. The molecular weight excluding hydrogens is 346 g/mol. The molecule has 28 heavy (non-hydrogen) atoms. The molecule has 1 aliphatic heterocycles. The Labute approximate surface area is 167 Å². The minimum absolute atomic E-state index is 0.873. The van der Waals surface area contributed by atoms with E-state index in [-0.39, 0.29) is 0 Å². The number of benzene rings is 2. The van der Waals surface area contributed by atoms with Crippen molar-refractivity contribution in [2.24, 2.45) is 0 Å². The number of aromatic nitrogens is 1. The maximum atomic E-state index is 4.61. The lowest BCUT2D eigenvalue weighted by atomic mass is 10.1. The van der Waals surface area contributed by atoms with E-state index in [0.29, 0.717) is 0 Å². The molecule has 0 aliphatic carbocycles. The first-order chi connectivity index (χ1) is 13.7. The molecule has 3 aromatic rings. The van der Waals surface area contributed by atoms with E-state index < -0.39 is 0 Å². The van der Waals surface area contributed by atoms with Gasteiger partial charge in [0.15, 0.2) is 0 Å². The van der Waals surface area contributed by atoms with Crippen LogP contribution in [-0.2, 0) is 13.1 Å². The third kappa shape index (κ3) is 4.43. The minimum atomic E-state index is 0.873. The summed E-state index contributed by atoms with van der Waals surface area (Å²) < 4.78 is 0. The highest BCUT2D eigenvalue weighted by Crippen LogP contribution is 2.26. The number of rotatable bonds is 5. The van der Waals surface area contributed by atoms with Crippen molar-refractivity contribution in [1.82, 2.24) is 9.88 Å². The number of hydrogen-bond donors (Lipinski definition) is 2. The lowest BCUT2D eigenvalue weighted by Gasteiger charge is -2.20. The second-order valence-corrected chi connectivity index (χ2v) is 7.42. The zero-order valence-corrected chi connectivity index (χ0v) is 16.5. The van der Waals surface area contributed by atoms with E-state index in [2.05, 4.69) is 86.1 Å². The van der Waals surface area contributed by atoms with Gasteiger partial charge in [-0.05, 0) is 35.4 Å². The van der Waals surface area contributed by atoms with E-state index in [9.17, 15) is 0 Å². The number of anilines is 4. The van der Waals surface area contributed by atoms with Gasteiger partial charge in [0.2, 0.25) is 0 Å². The van der Waals surface area contributed by atoms with Crippen LogP contribution in [0, 0.1) is 0 Å². The fourth-order valence-corrected chi connectivity index (χ4v) is 3.51. The van der Waals surface area contributed by atoms with E-state index in [1.165, 1.54) is 11.1 Å². The number of hydrogen-bond acceptors (Lipinski definition) is 5. The standard InChI is InChI=1S/C23H27N5/c1-27(2)21-10-6-9-20(14-21)26-23-13-19-17-28(12-11-24-22(19)15-25-23)16-18-7-4-3-5-8-18/h3-10,13-15,24H,11-12,16-17H2,1-2H3,(H,25,26).